The van der Waals surface area contributed by atoms with E-state index in [0.717, 1.165) is 33.2 Å². The molecule has 0 saturated carbocycles. The van der Waals surface area contributed by atoms with Crippen LogP contribution in [0, 0.1) is 0 Å². The Balaban J connectivity index is 1.52. The van der Waals surface area contributed by atoms with E-state index < -0.39 is 0 Å². The molecule has 8 heteroatoms. The largest absolute Gasteiger partial charge is 0.489 e. The van der Waals surface area contributed by atoms with Crippen molar-refractivity contribution in [2.75, 3.05) is 12.8 Å². The van der Waals surface area contributed by atoms with Gasteiger partial charge in [0.25, 0.3) is 0 Å². The Morgan fingerprint density at radius 2 is 2.03 bits per heavy atom. The minimum absolute atomic E-state index is 0.146. The molecule has 2 aromatic carbocycles. The van der Waals surface area contributed by atoms with Gasteiger partial charge >= 0.3 is 5.97 Å². The molecule has 2 N–H and O–H groups in total. The molecule has 0 radical (unpaired) electrons. The van der Waals surface area contributed by atoms with E-state index in [2.05, 4.69) is 10.1 Å². The maximum Gasteiger partial charge on any atom is 0.310 e. The molecule has 0 aliphatic rings. The van der Waals surface area contributed by atoms with E-state index in [0.29, 0.717) is 23.9 Å². The van der Waals surface area contributed by atoms with E-state index >= 15 is 0 Å². The molecule has 0 bridgehead atoms. The Kier molecular flexibility index (Phi) is 4.95. The van der Waals surface area contributed by atoms with Crippen molar-refractivity contribution in [3.8, 4) is 17.0 Å². The van der Waals surface area contributed by atoms with Gasteiger partial charge in [-0.1, -0.05) is 18.2 Å². The van der Waals surface area contributed by atoms with Crippen LogP contribution in [-0.2, 0) is 22.6 Å². The Hall–Kier alpha value is -4.33. The van der Waals surface area contributed by atoms with Crippen LogP contribution < -0.4 is 10.5 Å². The molecule has 0 fully saturated rings. The lowest BCUT2D eigenvalue weighted by Gasteiger charge is -2.12. The second-order valence-electron chi connectivity index (χ2n) is 7.30. The van der Waals surface area contributed by atoms with Gasteiger partial charge in [0.2, 0.25) is 0 Å². The Morgan fingerprint density at radius 1 is 1.16 bits per heavy atom. The van der Waals surface area contributed by atoms with Crippen LogP contribution in [0.4, 0.5) is 5.82 Å². The van der Waals surface area contributed by atoms with Crippen molar-refractivity contribution in [2.24, 2.45) is 0 Å². The molecule has 0 aliphatic carbocycles. The van der Waals surface area contributed by atoms with E-state index in [4.69, 9.17) is 19.6 Å². The van der Waals surface area contributed by atoms with Crippen molar-refractivity contribution in [2.45, 2.75) is 13.0 Å². The second kappa shape index (κ2) is 8.07. The van der Waals surface area contributed by atoms with Crippen LogP contribution in [0.2, 0.25) is 0 Å². The first-order chi connectivity index (χ1) is 15.6. The Morgan fingerprint density at radius 3 is 2.91 bits per heavy atom. The topological polar surface area (TPSA) is 105 Å². The third-order valence-corrected chi connectivity index (χ3v) is 5.28. The van der Waals surface area contributed by atoms with Gasteiger partial charge in [-0.15, -0.1) is 0 Å². The molecule has 8 nitrogen and oxygen atoms in total. The highest BCUT2D eigenvalue weighted by atomic mass is 16.5. The van der Waals surface area contributed by atoms with Gasteiger partial charge in [0, 0.05) is 16.5 Å². The number of benzene rings is 2. The number of carbonyl (C=O) groups excluding carboxylic acids is 1. The maximum atomic E-state index is 11.7. The van der Waals surface area contributed by atoms with Crippen molar-refractivity contribution in [1.29, 1.82) is 0 Å². The Labute approximate surface area is 183 Å². The van der Waals surface area contributed by atoms with Crippen LogP contribution in [0.25, 0.3) is 27.7 Å². The molecule has 0 saturated heterocycles. The summed E-state index contributed by atoms with van der Waals surface area (Å²) >= 11 is 0. The van der Waals surface area contributed by atoms with Crippen LogP contribution >= 0.6 is 0 Å². The minimum atomic E-state index is -0.317. The summed E-state index contributed by atoms with van der Waals surface area (Å²) in [6.45, 7) is 0.302. The predicted molar refractivity (Wildman–Crippen MR) is 119 cm³/mol. The summed E-state index contributed by atoms with van der Waals surface area (Å²) in [6.07, 6.45) is 3.27. The summed E-state index contributed by atoms with van der Waals surface area (Å²) in [5.41, 5.74) is 10.7. The Bertz CT molecular complexity index is 1440. The van der Waals surface area contributed by atoms with Crippen molar-refractivity contribution >= 4 is 28.3 Å². The van der Waals surface area contributed by atoms with Gasteiger partial charge in [-0.05, 0) is 42.0 Å². The zero-order chi connectivity index (χ0) is 22.1. The predicted octanol–water partition coefficient (Wildman–Crippen LogP) is 4.02. The number of rotatable bonds is 6. The number of methoxy groups -OCH3 is 1. The third kappa shape index (κ3) is 3.51. The highest BCUT2D eigenvalue weighted by molar-refractivity contribution is 5.96. The average Bonchev–Trinajstić information content (AvgIpc) is 3.44. The molecule has 3 heterocycles. The standard InChI is InChI=1S/C24H20N4O4/c1-30-22(29)12-16-4-2-3-5-20(16)32-13-15-10-17-8-9-31-24(17)18(11-15)23-19-6-7-21(25)28(19)27-14-26-23/h2-11,14H,12-13,25H2,1H3. The molecule has 32 heavy (non-hydrogen) atoms. The number of nitrogens with zero attached hydrogens (tertiary/aromatic N) is 3. The average molecular weight is 428 g/mol. The molecule has 0 unspecified atom stereocenters. The zero-order valence-corrected chi connectivity index (χ0v) is 17.3. The van der Waals surface area contributed by atoms with Crippen LogP contribution in [0.5, 0.6) is 5.75 Å². The van der Waals surface area contributed by atoms with Gasteiger partial charge in [0.05, 0.1) is 25.3 Å². The monoisotopic (exact) mass is 428 g/mol. The van der Waals surface area contributed by atoms with Crippen LogP contribution in [-0.4, -0.2) is 27.7 Å². The van der Waals surface area contributed by atoms with Crippen molar-refractivity contribution < 1.29 is 18.7 Å². The number of para-hydroxylation sites is 1. The lowest BCUT2D eigenvalue weighted by atomic mass is 10.0. The van der Waals surface area contributed by atoms with Gasteiger partial charge in [0.15, 0.2) is 0 Å². The number of nitrogen functional groups attached to an aromatic ring is 1. The highest BCUT2D eigenvalue weighted by Gasteiger charge is 2.16. The van der Waals surface area contributed by atoms with Crippen LogP contribution in [0.1, 0.15) is 11.1 Å². The first-order valence-electron chi connectivity index (χ1n) is 10.0. The van der Waals surface area contributed by atoms with Crippen molar-refractivity contribution in [1.82, 2.24) is 14.6 Å². The fraction of sp³-hybridized carbons (Fsp3) is 0.125. The molecular weight excluding hydrogens is 408 g/mol. The number of anilines is 1. The first-order valence-corrected chi connectivity index (χ1v) is 10.0. The van der Waals surface area contributed by atoms with Crippen LogP contribution in [0.3, 0.4) is 0 Å². The van der Waals surface area contributed by atoms with Gasteiger partial charge in [-0.3, -0.25) is 4.79 Å². The minimum Gasteiger partial charge on any atom is -0.489 e. The fourth-order valence-electron chi connectivity index (χ4n) is 3.74. The lowest BCUT2D eigenvalue weighted by molar-refractivity contribution is -0.139. The van der Waals surface area contributed by atoms with Crippen LogP contribution in [0.15, 0.2) is 71.6 Å². The van der Waals surface area contributed by atoms with E-state index in [1.165, 1.54) is 13.4 Å². The number of hydrogen-bond acceptors (Lipinski definition) is 7. The SMILES string of the molecule is COC(=O)Cc1ccccc1OCc1cc(-c2ncnn3c(N)ccc23)c2occc2c1. The molecular formula is C24H20N4O4. The molecule has 0 spiro atoms. The summed E-state index contributed by atoms with van der Waals surface area (Å²) in [5, 5.41) is 5.15. The fourth-order valence-corrected chi connectivity index (χ4v) is 3.74. The van der Waals surface area contributed by atoms with E-state index in [-0.39, 0.29) is 12.4 Å². The van der Waals surface area contributed by atoms with E-state index in [1.807, 2.05) is 48.5 Å². The number of furan rings is 1. The van der Waals surface area contributed by atoms with Gasteiger partial charge in [0.1, 0.15) is 35.8 Å². The number of ether oxygens (including phenoxy) is 2. The highest BCUT2D eigenvalue weighted by Crippen LogP contribution is 2.33. The smallest absolute Gasteiger partial charge is 0.310 e. The van der Waals surface area contributed by atoms with Crippen molar-refractivity contribution in [3.05, 3.63) is 78.3 Å². The third-order valence-electron chi connectivity index (χ3n) is 5.28. The molecule has 160 valence electrons. The zero-order valence-electron chi connectivity index (χ0n) is 17.3. The molecule has 5 aromatic rings. The lowest BCUT2D eigenvalue weighted by Crippen LogP contribution is -2.07. The van der Waals surface area contributed by atoms with Gasteiger partial charge < -0.3 is 19.6 Å². The quantitative estimate of drug-likeness (QED) is 0.407. The first kappa shape index (κ1) is 19.6. The number of esters is 1. The molecule has 3 aromatic heterocycles. The number of aromatic nitrogens is 3. The summed E-state index contributed by atoms with van der Waals surface area (Å²) in [7, 11) is 1.37. The molecule has 5 rings (SSSR count). The number of nitrogens with two attached hydrogens (primary N) is 1. The van der Waals surface area contributed by atoms with Gasteiger partial charge in [-0.2, -0.15) is 5.10 Å². The van der Waals surface area contributed by atoms with E-state index in [1.54, 1.807) is 16.8 Å². The molecule has 0 atom stereocenters. The maximum absolute atomic E-state index is 11.7. The molecule has 0 aliphatic heterocycles. The second-order valence-corrected chi connectivity index (χ2v) is 7.30. The molecule has 0 amide bonds. The summed E-state index contributed by atoms with van der Waals surface area (Å²) in [4.78, 5) is 16.2. The number of hydrogen-bond donors (Lipinski definition) is 1. The summed E-state index contributed by atoms with van der Waals surface area (Å²) in [5.74, 6) is 0.846. The summed E-state index contributed by atoms with van der Waals surface area (Å²) in [6, 6.07) is 17.0. The summed E-state index contributed by atoms with van der Waals surface area (Å²) < 4.78 is 18.3. The van der Waals surface area contributed by atoms with E-state index in [9.17, 15) is 4.79 Å². The number of fused-ring (bicyclic) bond motifs is 2. The number of carbonyl (C=O) groups is 1. The normalized spacial score (nSPS) is 11.2. The van der Waals surface area contributed by atoms with Gasteiger partial charge in [-0.25, -0.2) is 9.50 Å². The van der Waals surface area contributed by atoms with Crippen molar-refractivity contribution in [3.63, 3.8) is 0 Å².